The van der Waals surface area contributed by atoms with Crippen molar-refractivity contribution < 1.29 is 18.6 Å². The van der Waals surface area contributed by atoms with Crippen molar-refractivity contribution >= 4 is 25.3 Å². The zero-order chi connectivity index (χ0) is 22.1. The monoisotopic (exact) mass is 435 g/mol. The van der Waals surface area contributed by atoms with E-state index in [-0.39, 0.29) is 23.4 Å². The summed E-state index contributed by atoms with van der Waals surface area (Å²) in [7, 11) is -1.93. The number of imidazole rings is 1. The number of hydrogen-bond donors (Lipinski definition) is 1. The van der Waals surface area contributed by atoms with Crippen molar-refractivity contribution in [2.45, 2.75) is 90.0 Å². The van der Waals surface area contributed by atoms with E-state index in [2.05, 4.69) is 48.8 Å². The Morgan fingerprint density at radius 2 is 1.87 bits per heavy atom. The third-order valence-electron chi connectivity index (χ3n) is 6.37. The van der Waals surface area contributed by atoms with Crippen molar-refractivity contribution in [3.05, 3.63) is 12.2 Å². The van der Waals surface area contributed by atoms with E-state index < -0.39 is 20.3 Å². The van der Waals surface area contributed by atoms with Crippen molar-refractivity contribution in [1.82, 2.24) is 19.5 Å². The van der Waals surface area contributed by atoms with E-state index in [1.807, 2.05) is 18.4 Å². The number of fused-ring (bicyclic) bond motifs is 2. The molecule has 0 radical (unpaired) electrons. The first kappa shape index (κ1) is 21.6. The smallest absolute Gasteiger partial charge is 0.192 e. The minimum absolute atomic E-state index is 0.114. The quantitative estimate of drug-likeness (QED) is 0.730. The van der Waals surface area contributed by atoms with Crippen LogP contribution < -0.4 is 5.73 Å². The molecule has 2 saturated heterocycles. The van der Waals surface area contributed by atoms with Gasteiger partial charge in [0.15, 0.2) is 31.8 Å². The number of ether oxygens (including phenoxy) is 3. The van der Waals surface area contributed by atoms with Gasteiger partial charge in [0, 0.05) is 0 Å². The lowest BCUT2D eigenvalue weighted by Crippen LogP contribution is -2.44. The van der Waals surface area contributed by atoms with Gasteiger partial charge in [-0.15, -0.1) is 0 Å². The van der Waals surface area contributed by atoms with Crippen LogP contribution in [0, 0.1) is 6.92 Å². The van der Waals surface area contributed by atoms with Gasteiger partial charge in [0.2, 0.25) is 0 Å². The predicted molar refractivity (Wildman–Crippen MR) is 115 cm³/mol. The molecule has 9 nitrogen and oxygen atoms in total. The SMILES string of the molecule is Cc1nc(N)c2ncn([C@@H]3O[C@H](CO[Si](C)(C)C(C)(C)C)[C@H]4OC(C)(C)O[C@H]43)c2n1. The topological polar surface area (TPSA) is 107 Å². The van der Waals surface area contributed by atoms with Gasteiger partial charge >= 0.3 is 0 Å². The van der Waals surface area contributed by atoms with E-state index in [4.69, 9.17) is 24.4 Å². The number of hydrogen-bond acceptors (Lipinski definition) is 8. The summed E-state index contributed by atoms with van der Waals surface area (Å²) in [6.45, 7) is 17.2. The zero-order valence-corrected chi connectivity index (χ0v) is 20.1. The van der Waals surface area contributed by atoms with Crippen LogP contribution in [0.3, 0.4) is 0 Å². The van der Waals surface area contributed by atoms with Gasteiger partial charge in [-0.05, 0) is 38.9 Å². The highest BCUT2D eigenvalue weighted by Gasteiger charge is 2.56. The average molecular weight is 436 g/mol. The molecule has 0 amide bonds. The lowest BCUT2D eigenvalue weighted by atomic mass is 10.1. The first-order valence-corrected chi connectivity index (χ1v) is 13.3. The maximum absolute atomic E-state index is 6.45. The second kappa shape index (κ2) is 6.96. The van der Waals surface area contributed by atoms with Gasteiger partial charge in [0.1, 0.15) is 29.7 Å². The highest BCUT2D eigenvalue weighted by atomic mass is 28.4. The Balaban J connectivity index is 1.64. The molecular formula is C20H33N5O4Si. The molecule has 166 valence electrons. The summed E-state index contributed by atoms with van der Waals surface area (Å²) in [4.78, 5) is 13.2. The number of nitrogens with zero attached hydrogens (tertiary/aromatic N) is 4. The first-order chi connectivity index (χ1) is 13.8. The molecule has 0 bridgehead atoms. The highest BCUT2D eigenvalue weighted by Crippen LogP contribution is 2.45. The Kier molecular flexibility index (Phi) is 5.02. The van der Waals surface area contributed by atoms with Crippen molar-refractivity contribution in [2.24, 2.45) is 0 Å². The molecule has 0 aliphatic carbocycles. The van der Waals surface area contributed by atoms with Crippen LogP contribution in [0.2, 0.25) is 18.1 Å². The molecule has 0 spiro atoms. The van der Waals surface area contributed by atoms with Crippen molar-refractivity contribution in [3.63, 3.8) is 0 Å². The van der Waals surface area contributed by atoms with Gasteiger partial charge < -0.3 is 24.4 Å². The molecule has 2 aliphatic heterocycles. The maximum Gasteiger partial charge on any atom is 0.192 e. The van der Waals surface area contributed by atoms with Crippen LogP contribution in [-0.4, -0.2) is 58.5 Å². The van der Waals surface area contributed by atoms with Gasteiger partial charge in [-0.3, -0.25) is 4.57 Å². The number of nitrogens with two attached hydrogens (primary N) is 1. The largest absolute Gasteiger partial charge is 0.414 e. The minimum Gasteiger partial charge on any atom is -0.414 e. The van der Waals surface area contributed by atoms with Gasteiger partial charge in [-0.1, -0.05) is 20.8 Å². The van der Waals surface area contributed by atoms with E-state index in [1.165, 1.54) is 0 Å². The number of nitrogen functional groups attached to an aromatic ring is 1. The van der Waals surface area contributed by atoms with Crippen molar-refractivity contribution in [1.29, 1.82) is 0 Å². The molecular weight excluding hydrogens is 402 g/mol. The standard InChI is InChI=1S/C20H33N5O4Si/c1-11-23-16(21)13-17(24-11)25(10-22-13)18-15-14(28-20(5,6)29-15)12(27-18)9-26-30(7,8)19(2,3)4/h10,12,14-15,18H,9H2,1-8H3,(H2,21,23,24)/t12-,14-,15-,18-/m1/s1. The molecule has 4 heterocycles. The molecule has 2 aromatic rings. The Bertz CT molecular complexity index is 955. The average Bonchev–Trinajstić information content (AvgIpc) is 3.23. The molecule has 2 aromatic heterocycles. The molecule has 0 saturated carbocycles. The molecule has 0 unspecified atom stereocenters. The summed E-state index contributed by atoms with van der Waals surface area (Å²) in [5.41, 5.74) is 7.23. The van der Waals surface area contributed by atoms with Gasteiger partial charge in [0.25, 0.3) is 0 Å². The number of rotatable bonds is 4. The van der Waals surface area contributed by atoms with E-state index >= 15 is 0 Å². The van der Waals surface area contributed by atoms with Crippen molar-refractivity contribution in [3.8, 4) is 0 Å². The summed E-state index contributed by atoms with van der Waals surface area (Å²) in [6.07, 6.45) is 0.439. The molecule has 4 rings (SSSR count). The first-order valence-electron chi connectivity index (χ1n) is 10.4. The summed E-state index contributed by atoms with van der Waals surface area (Å²) in [5, 5.41) is 0.114. The Morgan fingerprint density at radius 3 is 2.53 bits per heavy atom. The Labute approximate surface area is 178 Å². The van der Waals surface area contributed by atoms with Gasteiger partial charge in [-0.2, -0.15) is 0 Å². The molecule has 2 fully saturated rings. The van der Waals surface area contributed by atoms with E-state index in [0.717, 1.165) is 0 Å². The van der Waals surface area contributed by atoms with E-state index in [0.29, 0.717) is 29.4 Å². The maximum atomic E-state index is 6.45. The molecule has 2 N–H and O–H groups in total. The molecule has 30 heavy (non-hydrogen) atoms. The number of anilines is 1. The van der Waals surface area contributed by atoms with Gasteiger partial charge in [-0.25, -0.2) is 15.0 Å². The summed E-state index contributed by atoms with van der Waals surface area (Å²) >= 11 is 0. The fourth-order valence-electron chi connectivity index (χ4n) is 3.76. The van der Waals surface area contributed by atoms with Crippen LogP contribution in [0.25, 0.3) is 11.2 Å². The Morgan fingerprint density at radius 1 is 1.20 bits per heavy atom. The number of aromatic nitrogens is 4. The van der Waals surface area contributed by atoms with Crippen molar-refractivity contribution in [2.75, 3.05) is 12.3 Å². The summed E-state index contributed by atoms with van der Waals surface area (Å²) in [5.74, 6) is 0.234. The van der Waals surface area contributed by atoms with Gasteiger partial charge in [0.05, 0.1) is 12.9 Å². The molecule has 0 aromatic carbocycles. The van der Waals surface area contributed by atoms with Crippen LogP contribution in [0.1, 0.15) is 46.7 Å². The van der Waals surface area contributed by atoms with E-state index in [9.17, 15) is 0 Å². The van der Waals surface area contributed by atoms with Crippen LogP contribution in [0.4, 0.5) is 5.82 Å². The second-order valence-electron chi connectivity index (χ2n) is 10.2. The molecule has 10 heteroatoms. The summed E-state index contributed by atoms with van der Waals surface area (Å²) < 4.78 is 27.2. The Hall–Kier alpha value is -1.59. The van der Waals surface area contributed by atoms with Crippen LogP contribution in [-0.2, 0) is 18.6 Å². The number of aryl methyl sites for hydroxylation is 1. The van der Waals surface area contributed by atoms with Crippen LogP contribution in [0.5, 0.6) is 0 Å². The third-order valence-corrected chi connectivity index (χ3v) is 10.9. The second-order valence-corrected chi connectivity index (χ2v) is 15.0. The minimum atomic E-state index is -1.93. The lowest BCUT2D eigenvalue weighted by molar-refractivity contribution is -0.199. The predicted octanol–water partition coefficient (Wildman–Crippen LogP) is 3.16. The zero-order valence-electron chi connectivity index (χ0n) is 19.1. The highest BCUT2D eigenvalue weighted by molar-refractivity contribution is 6.74. The fraction of sp³-hybridized carbons (Fsp3) is 0.750. The summed E-state index contributed by atoms with van der Waals surface area (Å²) in [6, 6.07) is 0. The normalized spacial score (nSPS) is 28.9. The third kappa shape index (κ3) is 3.64. The molecule has 4 atom stereocenters. The van der Waals surface area contributed by atoms with E-state index in [1.54, 1.807) is 13.3 Å². The van der Waals surface area contributed by atoms with Crippen LogP contribution in [0.15, 0.2) is 6.33 Å². The molecule has 2 aliphatic rings. The van der Waals surface area contributed by atoms with Crippen LogP contribution >= 0.6 is 0 Å². The fourth-order valence-corrected chi connectivity index (χ4v) is 4.78. The lowest BCUT2D eigenvalue weighted by Gasteiger charge is -2.37.